The second-order valence-corrected chi connectivity index (χ2v) is 1.52. The van der Waals surface area contributed by atoms with E-state index in [1.165, 1.54) is 26.6 Å². The van der Waals surface area contributed by atoms with Crippen molar-refractivity contribution in [1.82, 2.24) is 0 Å². The van der Waals surface area contributed by atoms with Crippen LogP contribution in [0.5, 0.6) is 0 Å². The topological polar surface area (TPSA) is 71.9 Å². The van der Waals surface area contributed by atoms with Crippen LogP contribution in [-0.2, 0) is 14.3 Å². The number of carbonyl (C=O) groups excluding carboxylic acids is 1. The number of methoxy groups -OCH3 is 2. The van der Waals surface area contributed by atoms with Crippen molar-refractivity contribution in [3.8, 4) is 0 Å². The molecule has 0 saturated heterocycles. The van der Waals surface area contributed by atoms with Gasteiger partial charge in [0.25, 0.3) is 0 Å². The molecule has 0 aliphatic carbocycles. The molecule has 0 radical (unpaired) electrons. The molecule has 0 spiro atoms. The molecule has 0 aromatic rings. The fraction of sp³-hybridized carbons (Fsp3) is 0.333. The van der Waals surface area contributed by atoms with Crippen molar-refractivity contribution in [1.29, 1.82) is 0 Å². The Labute approximate surface area is 63.8 Å². The minimum Gasteiger partial charge on any atom is -0.504 e. The van der Waals surface area contributed by atoms with Crippen LogP contribution in [0.4, 0.5) is 0 Å². The summed E-state index contributed by atoms with van der Waals surface area (Å²) in [6, 6.07) is 0. The second-order valence-electron chi connectivity index (χ2n) is 1.52. The Morgan fingerprint density at radius 1 is 1.55 bits per heavy atom. The summed E-state index contributed by atoms with van der Waals surface area (Å²) in [6.45, 7) is 0. The molecule has 0 N–H and O–H groups in total. The summed E-state index contributed by atoms with van der Waals surface area (Å²) in [5, 5.41) is 0. The van der Waals surface area contributed by atoms with Crippen molar-refractivity contribution in [3.05, 3.63) is 17.9 Å². The highest BCUT2D eigenvalue weighted by Gasteiger charge is 2.16. The molecule has 5 heteroatoms. The van der Waals surface area contributed by atoms with Gasteiger partial charge in [0.2, 0.25) is 0 Å². The zero-order chi connectivity index (χ0) is 8.69. The zero-order valence-corrected chi connectivity index (χ0v) is 6.27. The van der Waals surface area contributed by atoms with Crippen LogP contribution < -0.4 is 0 Å². The van der Waals surface area contributed by atoms with Crippen LogP contribution in [-0.4, -0.2) is 30.7 Å². The molecule has 0 amide bonds. The Morgan fingerprint density at radius 3 is 2.55 bits per heavy atom. The first-order chi connectivity index (χ1) is 5.26. The molecule has 0 unspecified atom stereocenters. The summed E-state index contributed by atoms with van der Waals surface area (Å²) in [7, 11) is 2.59. The molecule has 0 fully saturated rings. The number of hydrogen-bond donors (Lipinski definition) is 0. The molecule has 60 valence electrons. The molecule has 0 bridgehead atoms. The summed E-state index contributed by atoms with van der Waals surface area (Å²) in [5.41, 5.74) is 8.02. The Kier molecular flexibility index (Phi) is 4.44. The molecule has 0 aliphatic rings. The third kappa shape index (κ3) is 3.17. The van der Waals surface area contributed by atoms with Gasteiger partial charge < -0.3 is 15.0 Å². The average Bonchev–Trinajstić information content (AvgIpc) is 2.05. The maximum absolute atomic E-state index is 10.6. The lowest BCUT2D eigenvalue weighted by Gasteiger charge is -1.87. The van der Waals surface area contributed by atoms with E-state index in [-0.39, 0.29) is 5.71 Å². The first-order valence-corrected chi connectivity index (χ1v) is 2.76. The molecule has 0 heterocycles. The third-order valence-electron chi connectivity index (χ3n) is 0.864. The monoisotopic (exact) mass is 156 g/mol. The first-order valence-electron chi connectivity index (χ1n) is 2.76. The lowest BCUT2D eigenvalue weighted by molar-refractivity contribution is -0.137. The van der Waals surface area contributed by atoms with E-state index in [1.807, 2.05) is 0 Å². The number of ether oxygens (including phenoxy) is 2. The normalized spacial score (nSPS) is 8.91. The lowest BCUT2D eigenvalue weighted by atomic mass is 10.4. The molecule has 0 rings (SSSR count). The fourth-order valence-corrected chi connectivity index (χ4v) is 0.379. The Bertz CT molecular complexity index is 216. The minimum absolute atomic E-state index is 0.214. The van der Waals surface area contributed by atoms with Crippen molar-refractivity contribution in [2.75, 3.05) is 14.2 Å². The van der Waals surface area contributed by atoms with Crippen LogP contribution in [0.15, 0.2) is 12.3 Å². The SMILES string of the molecule is CO/C=C\C(=[N+]=[N-])C(=O)OC. The van der Waals surface area contributed by atoms with E-state index >= 15 is 0 Å². The molecule has 0 aromatic heterocycles. The summed E-state index contributed by atoms with van der Waals surface area (Å²) in [4.78, 5) is 13.3. The number of nitrogens with zero attached hydrogens (tertiary/aromatic N) is 2. The summed E-state index contributed by atoms with van der Waals surface area (Å²) < 4.78 is 8.75. The van der Waals surface area contributed by atoms with Crippen molar-refractivity contribution in [2.45, 2.75) is 0 Å². The van der Waals surface area contributed by atoms with E-state index in [1.54, 1.807) is 0 Å². The van der Waals surface area contributed by atoms with E-state index in [9.17, 15) is 4.79 Å². The standard InChI is InChI=1S/C6H8N2O3/c1-10-4-3-5(8-7)6(9)11-2/h3-4H,1-2H3/b4-3-. The Balaban J connectivity index is 4.32. The van der Waals surface area contributed by atoms with Crippen molar-refractivity contribution < 1.29 is 19.1 Å². The van der Waals surface area contributed by atoms with E-state index in [2.05, 4.69) is 14.3 Å². The Morgan fingerprint density at radius 2 is 2.18 bits per heavy atom. The average molecular weight is 156 g/mol. The molecular formula is C6H8N2O3. The first kappa shape index (κ1) is 9.39. The van der Waals surface area contributed by atoms with Gasteiger partial charge in [-0.05, 0) is 0 Å². The van der Waals surface area contributed by atoms with Crippen molar-refractivity contribution >= 4 is 11.7 Å². The maximum Gasteiger partial charge on any atom is 0.421 e. The molecule has 11 heavy (non-hydrogen) atoms. The van der Waals surface area contributed by atoms with Gasteiger partial charge in [-0.1, -0.05) is 0 Å². The van der Waals surface area contributed by atoms with Crippen LogP contribution >= 0.6 is 0 Å². The number of esters is 1. The molecule has 0 aliphatic heterocycles. The van der Waals surface area contributed by atoms with Crippen LogP contribution in [0.3, 0.4) is 0 Å². The number of carbonyl (C=O) groups is 1. The van der Waals surface area contributed by atoms with Gasteiger partial charge in [-0.2, -0.15) is 4.79 Å². The van der Waals surface area contributed by atoms with Gasteiger partial charge >= 0.3 is 11.7 Å². The zero-order valence-electron chi connectivity index (χ0n) is 6.27. The van der Waals surface area contributed by atoms with Crippen molar-refractivity contribution in [2.24, 2.45) is 0 Å². The van der Waals surface area contributed by atoms with Crippen LogP contribution in [0.1, 0.15) is 0 Å². The highest BCUT2D eigenvalue weighted by atomic mass is 16.5. The quantitative estimate of drug-likeness (QED) is 0.190. The summed E-state index contributed by atoms with van der Waals surface area (Å²) >= 11 is 0. The minimum atomic E-state index is -0.721. The van der Waals surface area contributed by atoms with Gasteiger partial charge in [0.05, 0.1) is 26.6 Å². The van der Waals surface area contributed by atoms with E-state index in [0.29, 0.717) is 0 Å². The predicted molar refractivity (Wildman–Crippen MR) is 36.8 cm³/mol. The lowest BCUT2D eigenvalue weighted by Crippen LogP contribution is -2.14. The van der Waals surface area contributed by atoms with E-state index in [4.69, 9.17) is 5.53 Å². The van der Waals surface area contributed by atoms with E-state index < -0.39 is 5.97 Å². The van der Waals surface area contributed by atoms with Gasteiger partial charge in [-0.3, -0.25) is 0 Å². The van der Waals surface area contributed by atoms with Crippen LogP contribution in [0.25, 0.3) is 5.53 Å². The van der Waals surface area contributed by atoms with Crippen LogP contribution in [0.2, 0.25) is 0 Å². The molecule has 0 aromatic carbocycles. The van der Waals surface area contributed by atoms with Gasteiger partial charge in [0.15, 0.2) is 0 Å². The fourth-order valence-electron chi connectivity index (χ4n) is 0.379. The second kappa shape index (κ2) is 5.20. The number of rotatable bonds is 3. The Hall–Kier alpha value is -1.61. The van der Waals surface area contributed by atoms with Gasteiger partial charge in [0.1, 0.15) is 0 Å². The van der Waals surface area contributed by atoms with Crippen LogP contribution in [0, 0.1) is 0 Å². The van der Waals surface area contributed by atoms with Crippen molar-refractivity contribution in [3.63, 3.8) is 0 Å². The molecule has 5 nitrogen and oxygen atoms in total. The third-order valence-corrected chi connectivity index (χ3v) is 0.864. The molecule has 0 atom stereocenters. The molecule has 0 saturated carbocycles. The smallest absolute Gasteiger partial charge is 0.421 e. The highest BCUT2D eigenvalue weighted by molar-refractivity contribution is 6.38. The summed E-state index contributed by atoms with van der Waals surface area (Å²) in [6.07, 6.45) is 2.39. The van der Waals surface area contributed by atoms with Gasteiger partial charge in [0, 0.05) is 0 Å². The van der Waals surface area contributed by atoms with E-state index in [0.717, 1.165) is 0 Å². The van der Waals surface area contributed by atoms with Gasteiger partial charge in [-0.15, -0.1) is 0 Å². The highest BCUT2D eigenvalue weighted by Crippen LogP contribution is 1.81. The van der Waals surface area contributed by atoms with Gasteiger partial charge in [-0.25, -0.2) is 4.79 Å². The predicted octanol–water partition coefficient (Wildman–Crippen LogP) is -0.00970. The maximum atomic E-state index is 10.6. The molecular weight excluding hydrogens is 148 g/mol. The largest absolute Gasteiger partial charge is 0.504 e. The number of hydrogen-bond acceptors (Lipinski definition) is 3. The summed E-state index contributed by atoms with van der Waals surface area (Å²) in [5.74, 6) is -0.721.